The highest BCUT2D eigenvalue weighted by atomic mass is 19.1. The molecule has 0 bridgehead atoms. The van der Waals surface area contributed by atoms with Crippen LogP contribution in [0.15, 0.2) is 48.5 Å². The third kappa shape index (κ3) is 5.91. The fourth-order valence-electron chi connectivity index (χ4n) is 3.10. The maximum absolute atomic E-state index is 14.0. The Morgan fingerprint density at radius 2 is 1.71 bits per heavy atom. The van der Waals surface area contributed by atoms with Gasteiger partial charge in [0.15, 0.2) is 0 Å². The molecule has 0 spiro atoms. The van der Waals surface area contributed by atoms with Gasteiger partial charge in [0.05, 0.1) is 6.42 Å². The second kappa shape index (κ2) is 10.0. The number of aryl methyl sites for hydroxylation is 1. The van der Waals surface area contributed by atoms with E-state index >= 15 is 0 Å². The predicted octanol–water partition coefficient (Wildman–Crippen LogP) is 4.01. The molecule has 2 amide bonds. The number of halogens is 1. The zero-order valence-corrected chi connectivity index (χ0v) is 17.0. The number of carbonyl (C=O) groups excluding carboxylic acids is 2. The lowest BCUT2D eigenvalue weighted by Gasteiger charge is -2.31. The van der Waals surface area contributed by atoms with Gasteiger partial charge in [0, 0.05) is 12.6 Å². The maximum atomic E-state index is 14.0. The van der Waals surface area contributed by atoms with Crippen molar-refractivity contribution in [3.05, 3.63) is 71.0 Å². The molecule has 0 aliphatic carbocycles. The zero-order valence-electron chi connectivity index (χ0n) is 17.0. The van der Waals surface area contributed by atoms with Gasteiger partial charge in [-0.25, -0.2) is 4.39 Å². The molecule has 2 aromatic carbocycles. The summed E-state index contributed by atoms with van der Waals surface area (Å²) in [5.41, 5.74) is 2.39. The van der Waals surface area contributed by atoms with Crippen LogP contribution in [-0.4, -0.2) is 28.8 Å². The highest BCUT2D eigenvalue weighted by molar-refractivity contribution is 5.88. The Balaban J connectivity index is 2.30. The molecule has 0 aliphatic rings. The maximum Gasteiger partial charge on any atom is 0.243 e. The minimum absolute atomic E-state index is 0.0237. The molecular weight excluding hydrogens is 355 g/mol. The van der Waals surface area contributed by atoms with Gasteiger partial charge in [-0.3, -0.25) is 9.59 Å². The normalized spacial score (nSPS) is 11.9. The van der Waals surface area contributed by atoms with Gasteiger partial charge < -0.3 is 10.2 Å². The Hall–Kier alpha value is -2.69. The van der Waals surface area contributed by atoms with Crippen molar-refractivity contribution in [1.29, 1.82) is 0 Å². The molecule has 0 unspecified atom stereocenters. The van der Waals surface area contributed by atoms with E-state index in [1.807, 2.05) is 52.0 Å². The lowest BCUT2D eigenvalue weighted by atomic mass is 10.1. The molecule has 150 valence electrons. The van der Waals surface area contributed by atoms with Crippen LogP contribution in [0, 0.1) is 12.7 Å². The number of amides is 2. The molecule has 28 heavy (non-hydrogen) atoms. The molecule has 1 atom stereocenters. The fraction of sp³-hybridized carbons (Fsp3) is 0.391. The second-order valence-electron chi connectivity index (χ2n) is 7.36. The lowest BCUT2D eigenvalue weighted by Crippen LogP contribution is -2.50. The number of benzene rings is 2. The summed E-state index contributed by atoms with van der Waals surface area (Å²) in [6.45, 7) is 7.95. The molecule has 0 fully saturated rings. The number of carbonyl (C=O) groups is 2. The Morgan fingerprint density at radius 3 is 2.29 bits per heavy atom. The standard InChI is InChI=1S/C23H29FN2O2/c1-5-21(23(28)25-16(2)3)26(15-18-12-10-17(4)11-13-18)22(27)14-19-8-6-7-9-20(19)24/h6-13,16,21H,5,14-15H2,1-4H3,(H,25,28)/t21-/m1/s1. The molecule has 0 heterocycles. The Kier molecular flexibility index (Phi) is 7.73. The summed E-state index contributed by atoms with van der Waals surface area (Å²) in [6, 6.07) is 13.5. The monoisotopic (exact) mass is 384 g/mol. The van der Waals surface area contributed by atoms with E-state index in [1.165, 1.54) is 6.07 Å². The molecule has 0 aromatic heterocycles. The van der Waals surface area contributed by atoms with Crippen LogP contribution in [0.5, 0.6) is 0 Å². The van der Waals surface area contributed by atoms with Crippen LogP contribution in [-0.2, 0) is 22.6 Å². The van der Waals surface area contributed by atoms with E-state index in [4.69, 9.17) is 0 Å². The van der Waals surface area contributed by atoms with Gasteiger partial charge in [0.1, 0.15) is 11.9 Å². The average Bonchev–Trinajstić information content (AvgIpc) is 2.64. The highest BCUT2D eigenvalue weighted by Gasteiger charge is 2.29. The fourth-order valence-corrected chi connectivity index (χ4v) is 3.10. The summed E-state index contributed by atoms with van der Waals surface area (Å²) >= 11 is 0. The van der Waals surface area contributed by atoms with Gasteiger partial charge >= 0.3 is 0 Å². The molecule has 2 aromatic rings. The third-order valence-corrected chi connectivity index (χ3v) is 4.59. The first-order valence-corrected chi connectivity index (χ1v) is 9.70. The number of hydrogen-bond donors (Lipinski definition) is 1. The minimum atomic E-state index is -0.608. The van der Waals surface area contributed by atoms with Crippen molar-refractivity contribution in [2.75, 3.05) is 0 Å². The van der Waals surface area contributed by atoms with Crippen LogP contribution in [0.1, 0.15) is 43.9 Å². The first-order chi connectivity index (χ1) is 13.3. The van der Waals surface area contributed by atoms with E-state index in [0.717, 1.165) is 11.1 Å². The van der Waals surface area contributed by atoms with Crippen molar-refractivity contribution in [1.82, 2.24) is 10.2 Å². The second-order valence-corrected chi connectivity index (χ2v) is 7.36. The molecule has 0 radical (unpaired) electrons. The summed E-state index contributed by atoms with van der Waals surface area (Å²) in [4.78, 5) is 27.4. The molecule has 0 saturated carbocycles. The van der Waals surface area contributed by atoms with Crippen molar-refractivity contribution in [2.24, 2.45) is 0 Å². The van der Waals surface area contributed by atoms with E-state index < -0.39 is 11.9 Å². The topological polar surface area (TPSA) is 49.4 Å². The van der Waals surface area contributed by atoms with Crippen LogP contribution in [0.3, 0.4) is 0 Å². The molecular formula is C23H29FN2O2. The molecule has 1 N–H and O–H groups in total. The number of nitrogens with one attached hydrogen (secondary N) is 1. The lowest BCUT2D eigenvalue weighted by molar-refractivity contribution is -0.141. The predicted molar refractivity (Wildman–Crippen MR) is 109 cm³/mol. The van der Waals surface area contributed by atoms with Crippen molar-refractivity contribution >= 4 is 11.8 Å². The molecule has 5 heteroatoms. The molecule has 0 aliphatic heterocycles. The number of nitrogens with zero attached hydrogens (tertiary/aromatic N) is 1. The summed E-state index contributed by atoms with van der Waals surface area (Å²) in [5.74, 6) is -0.867. The minimum Gasteiger partial charge on any atom is -0.352 e. The summed E-state index contributed by atoms with van der Waals surface area (Å²) in [7, 11) is 0. The zero-order chi connectivity index (χ0) is 20.7. The van der Waals surface area contributed by atoms with Gasteiger partial charge in [-0.1, -0.05) is 55.0 Å². The molecule has 4 nitrogen and oxygen atoms in total. The van der Waals surface area contributed by atoms with Crippen molar-refractivity contribution in [2.45, 2.75) is 59.2 Å². The van der Waals surface area contributed by atoms with Crippen LogP contribution >= 0.6 is 0 Å². The largest absolute Gasteiger partial charge is 0.352 e. The SMILES string of the molecule is CC[C@H](C(=O)NC(C)C)N(Cc1ccc(C)cc1)C(=O)Cc1ccccc1F. The summed E-state index contributed by atoms with van der Waals surface area (Å²) < 4.78 is 14.0. The highest BCUT2D eigenvalue weighted by Crippen LogP contribution is 2.16. The summed E-state index contributed by atoms with van der Waals surface area (Å²) in [6.07, 6.45) is 0.400. The van der Waals surface area contributed by atoms with E-state index in [1.54, 1.807) is 23.1 Å². The molecule has 0 saturated heterocycles. The van der Waals surface area contributed by atoms with Crippen molar-refractivity contribution in [3.63, 3.8) is 0 Å². The van der Waals surface area contributed by atoms with Gasteiger partial charge in [-0.2, -0.15) is 0 Å². The quantitative estimate of drug-likeness (QED) is 0.748. The van der Waals surface area contributed by atoms with Crippen LogP contribution in [0.4, 0.5) is 4.39 Å². The van der Waals surface area contributed by atoms with Crippen LogP contribution in [0.25, 0.3) is 0 Å². The van der Waals surface area contributed by atoms with E-state index in [-0.39, 0.29) is 24.3 Å². The van der Waals surface area contributed by atoms with Crippen molar-refractivity contribution < 1.29 is 14.0 Å². The first kappa shape index (κ1) is 21.6. The van der Waals surface area contributed by atoms with E-state index in [0.29, 0.717) is 18.5 Å². The van der Waals surface area contributed by atoms with E-state index in [2.05, 4.69) is 5.32 Å². The van der Waals surface area contributed by atoms with Gasteiger partial charge in [-0.15, -0.1) is 0 Å². The van der Waals surface area contributed by atoms with E-state index in [9.17, 15) is 14.0 Å². The first-order valence-electron chi connectivity index (χ1n) is 9.70. The Labute approximate surface area is 166 Å². The Morgan fingerprint density at radius 1 is 1.07 bits per heavy atom. The third-order valence-electron chi connectivity index (χ3n) is 4.59. The van der Waals surface area contributed by atoms with Gasteiger partial charge in [0.2, 0.25) is 11.8 Å². The smallest absolute Gasteiger partial charge is 0.243 e. The van der Waals surface area contributed by atoms with Crippen molar-refractivity contribution in [3.8, 4) is 0 Å². The average molecular weight is 384 g/mol. The van der Waals surface area contributed by atoms with Gasteiger partial charge in [-0.05, 0) is 44.4 Å². The molecule has 2 rings (SSSR count). The van der Waals surface area contributed by atoms with Crippen LogP contribution < -0.4 is 5.32 Å². The number of hydrogen-bond acceptors (Lipinski definition) is 2. The number of rotatable bonds is 8. The summed E-state index contributed by atoms with van der Waals surface area (Å²) in [5, 5.41) is 2.89. The Bertz CT molecular complexity index is 803. The van der Waals surface area contributed by atoms with Gasteiger partial charge in [0.25, 0.3) is 0 Å². The van der Waals surface area contributed by atoms with Crippen LogP contribution in [0.2, 0.25) is 0 Å².